The topological polar surface area (TPSA) is 108 Å². The Morgan fingerprint density at radius 2 is 1.64 bits per heavy atom. The van der Waals surface area contributed by atoms with Crippen molar-refractivity contribution >= 4 is 23.8 Å². The second-order valence-electron chi connectivity index (χ2n) is 12.5. The Balaban J connectivity index is 1.17. The van der Waals surface area contributed by atoms with Crippen LogP contribution < -0.4 is 10.1 Å². The van der Waals surface area contributed by atoms with Gasteiger partial charge in [0.1, 0.15) is 24.0 Å². The predicted molar refractivity (Wildman–Crippen MR) is 156 cm³/mol. The predicted octanol–water partition coefficient (Wildman–Crippen LogP) is 3.86. The van der Waals surface area contributed by atoms with E-state index in [1.165, 1.54) is 10.5 Å². The third kappa shape index (κ3) is 6.43. The van der Waals surface area contributed by atoms with Gasteiger partial charge in [-0.2, -0.15) is 0 Å². The van der Waals surface area contributed by atoms with E-state index in [1.807, 2.05) is 39.0 Å². The van der Waals surface area contributed by atoms with E-state index >= 15 is 0 Å². The van der Waals surface area contributed by atoms with E-state index in [1.54, 1.807) is 17.0 Å². The van der Waals surface area contributed by atoms with E-state index in [2.05, 4.69) is 36.2 Å². The number of piperazine rings is 1. The Morgan fingerprint density at radius 3 is 2.29 bits per heavy atom. The molecule has 3 heterocycles. The molecule has 0 radical (unpaired) electrons. The molecule has 4 amide bonds. The molecule has 2 fully saturated rings. The maximum atomic E-state index is 13.1. The Bertz CT molecular complexity index is 1360. The quantitative estimate of drug-likeness (QED) is 0.521. The molecule has 2 aromatic rings. The fourth-order valence-electron chi connectivity index (χ4n) is 5.95. The fourth-order valence-corrected chi connectivity index (χ4v) is 5.95. The van der Waals surface area contributed by atoms with Crippen molar-refractivity contribution in [2.45, 2.75) is 90.9 Å². The number of imide groups is 1. The molecule has 10 nitrogen and oxygen atoms in total. The second-order valence-corrected chi connectivity index (χ2v) is 12.5. The number of rotatable bonds is 6. The number of nitrogens with zero attached hydrogens (tertiary/aromatic N) is 3. The summed E-state index contributed by atoms with van der Waals surface area (Å²) < 4.78 is 11.7. The SMILES string of the molecule is C[C@@H]1CN(C(=O)OC(C)(C)C)C[C@H](C)N1Cc1ccc(COc2cccc3c2CN(C2CCC(=O)NC2=O)C3=O)cc1. The van der Waals surface area contributed by atoms with E-state index in [4.69, 9.17) is 9.47 Å². The zero-order valence-corrected chi connectivity index (χ0v) is 25.0. The number of carbonyl (C=O) groups excluding carboxylic acids is 4. The highest BCUT2D eigenvalue weighted by Gasteiger charge is 2.40. The Labute approximate surface area is 246 Å². The van der Waals surface area contributed by atoms with E-state index in [0.29, 0.717) is 37.4 Å². The molecular weight excluding hydrogens is 536 g/mol. The number of piperidine rings is 1. The van der Waals surface area contributed by atoms with Gasteiger partial charge in [0.05, 0.1) is 6.54 Å². The number of hydrogen-bond acceptors (Lipinski definition) is 7. The summed E-state index contributed by atoms with van der Waals surface area (Å²) in [5, 5.41) is 2.34. The maximum absolute atomic E-state index is 13.1. The zero-order valence-electron chi connectivity index (χ0n) is 25.0. The number of nitrogens with one attached hydrogen (secondary N) is 1. The number of benzene rings is 2. The van der Waals surface area contributed by atoms with E-state index in [-0.39, 0.29) is 43.0 Å². The molecule has 0 aromatic heterocycles. The molecule has 0 aliphatic carbocycles. The number of fused-ring (bicyclic) bond motifs is 1. The molecule has 2 aromatic carbocycles. The summed E-state index contributed by atoms with van der Waals surface area (Å²) >= 11 is 0. The molecule has 1 unspecified atom stereocenters. The van der Waals surface area contributed by atoms with Crippen LogP contribution in [0.3, 0.4) is 0 Å². The average molecular weight is 577 g/mol. The molecular formula is C32H40N4O6. The largest absolute Gasteiger partial charge is 0.489 e. The third-order valence-electron chi connectivity index (χ3n) is 8.07. The van der Waals surface area contributed by atoms with E-state index in [9.17, 15) is 19.2 Å². The minimum absolute atomic E-state index is 0.187. The molecule has 224 valence electrons. The third-order valence-corrected chi connectivity index (χ3v) is 8.07. The lowest BCUT2D eigenvalue weighted by Gasteiger charge is -2.44. The number of carbonyl (C=O) groups is 4. The van der Waals surface area contributed by atoms with Gasteiger partial charge in [0.25, 0.3) is 5.91 Å². The molecule has 2 saturated heterocycles. The molecule has 0 bridgehead atoms. The molecule has 1 N–H and O–H groups in total. The zero-order chi connectivity index (χ0) is 30.2. The Kier molecular flexibility index (Phi) is 8.28. The molecule has 3 aliphatic heterocycles. The van der Waals surface area contributed by atoms with Gasteiger partial charge in [-0.3, -0.25) is 24.6 Å². The molecule has 0 saturated carbocycles. The molecule has 3 aliphatic rings. The summed E-state index contributed by atoms with van der Waals surface area (Å²) in [7, 11) is 0. The highest BCUT2D eigenvalue weighted by atomic mass is 16.6. The second kappa shape index (κ2) is 11.8. The van der Waals surface area contributed by atoms with Crippen molar-refractivity contribution in [2.24, 2.45) is 0 Å². The highest BCUT2D eigenvalue weighted by Crippen LogP contribution is 2.34. The Hall–Kier alpha value is -3.92. The van der Waals surface area contributed by atoms with Gasteiger partial charge in [-0.05, 0) is 64.3 Å². The molecule has 0 spiro atoms. The number of ether oxygens (including phenoxy) is 2. The van der Waals surface area contributed by atoms with Gasteiger partial charge in [0.2, 0.25) is 11.8 Å². The van der Waals surface area contributed by atoms with Gasteiger partial charge in [-0.1, -0.05) is 30.3 Å². The van der Waals surface area contributed by atoms with Crippen molar-refractivity contribution in [3.05, 3.63) is 64.7 Å². The number of hydrogen-bond donors (Lipinski definition) is 1. The van der Waals surface area contributed by atoms with Gasteiger partial charge >= 0.3 is 6.09 Å². The first kappa shape index (κ1) is 29.6. The summed E-state index contributed by atoms with van der Waals surface area (Å²) in [4.78, 5) is 55.3. The summed E-state index contributed by atoms with van der Waals surface area (Å²) in [6, 6.07) is 13.4. The van der Waals surface area contributed by atoms with Crippen molar-refractivity contribution in [2.75, 3.05) is 13.1 Å². The van der Waals surface area contributed by atoms with Crippen LogP contribution in [-0.2, 0) is 34.0 Å². The van der Waals surface area contributed by atoms with E-state index in [0.717, 1.165) is 17.7 Å². The van der Waals surface area contributed by atoms with Gasteiger partial charge in [-0.15, -0.1) is 0 Å². The van der Waals surface area contributed by atoms with Crippen LogP contribution in [0.4, 0.5) is 4.79 Å². The number of amides is 4. The summed E-state index contributed by atoms with van der Waals surface area (Å²) in [5.74, 6) is -0.334. The first-order chi connectivity index (χ1) is 19.9. The van der Waals surface area contributed by atoms with Crippen LogP contribution in [0.1, 0.15) is 74.5 Å². The van der Waals surface area contributed by atoms with Gasteiger partial charge in [0.15, 0.2) is 0 Å². The van der Waals surface area contributed by atoms with Gasteiger partial charge < -0.3 is 19.3 Å². The monoisotopic (exact) mass is 576 g/mol. The normalized spacial score (nSPS) is 23.1. The van der Waals surface area contributed by atoms with Gasteiger partial charge in [0, 0.05) is 49.3 Å². The van der Waals surface area contributed by atoms with Crippen molar-refractivity contribution in [1.82, 2.24) is 20.0 Å². The molecule has 42 heavy (non-hydrogen) atoms. The van der Waals surface area contributed by atoms with Crippen LogP contribution in [0.2, 0.25) is 0 Å². The van der Waals surface area contributed by atoms with Crippen LogP contribution in [0.5, 0.6) is 5.75 Å². The molecule has 10 heteroatoms. The van der Waals surface area contributed by atoms with Gasteiger partial charge in [-0.25, -0.2) is 4.79 Å². The maximum Gasteiger partial charge on any atom is 0.410 e. The van der Waals surface area contributed by atoms with E-state index < -0.39 is 17.6 Å². The minimum Gasteiger partial charge on any atom is -0.489 e. The first-order valence-corrected chi connectivity index (χ1v) is 14.6. The van der Waals surface area contributed by atoms with Crippen LogP contribution in [-0.4, -0.2) is 75.3 Å². The molecule has 3 atom stereocenters. The van der Waals surface area contributed by atoms with Crippen LogP contribution in [0.15, 0.2) is 42.5 Å². The lowest BCUT2D eigenvalue weighted by molar-refractivity contribution is -0.136. The molecule has 5 rings (SSSR count). The highest BCUT2D eigenvalue weighted by molar-refractivity contribution is 6.05. The lowest BCUT2D eigenvalue weighted by atomic mass is 10.0. The summed E-state index contributed by atoms with van der Waals surface area (Å²) in [5.41, 5.74) is 2.95. The van der Waals surface area contributed by atoms with Crippen molar-refractivity contribution < 1.29 is 28.7 Å². The average Bonchev–Trinajstić information content (AvgIpc) is 3.25. The standard InChI is InChI=1S/C32H40N4O6/c1-20-15-34(31(40)42-32(3,4)5)16-21(2)35(20)17-22-9-11-23(12-10-22)19-41-27-8-6-7-24-25(27)18-36(30(24)39)26-13-14-28(37)33-29(26)38/h6-12,20-21,26H,13-19H2,1-5H3,(H,33,37,38)/t20-,21+,26?. The smallest absolute Gasteiger partial charge is 0.410 e. The van der Waals surface area contributed by atoms with Crippen LogP contribution >= 0.6 is 0 Å². The minimum atomic E-state index is -0.659. The van der Waals surface area contributed by atoms with Crippen LogP contribution in [0.25, 0.3) is 0 Å². The first-order valence-electron chi connectivity index (χ1n) is 14.6. The summed E-state index contributed by atoms with van der Waals surface area (Å²) in [6.45, 7) is 12.5. The fraction of sp³-hybridized carbons (Fsp3) is 0.500. The van der Waals surface area contributed by atoms with Crippen molar-refractivity contribution in [1.29, 1.82) is 0 Å². The van der Waals surface area contributed by atoms with Crippen molar-refractivity contribution in [3.8, 4) is 5.75 Å². The summed E-state index contributed by atoms with van der Waals surface area (Å²) in [6.07, 6.45) is 0.280. The van der Waals surface area contributed by atoms with Crippen molar-refractivity contribution in [3.63, 3.8) is 0 Å². The Morgan fingerprint density at radius 1 is 0.976 bits per heavy atom. The lowest BCUT2D eigenvalue weighted by Crippen LogP contribution is -2.58. The van der Waals surface area contributed by atoms with Crippen LogP contribution in [0, 0.1) is 0 Å².